The number of halogens is 1. The molecule has 7 heteroatoms. The lowest BCUT2D eigenvalue weighted by atomic mass is 10.1. The average Bonchev–Trinajstić information content (AvgIpc) is 2.96. The van der Waals surface area contributed by atoms with Crippen molar-refractivity contribution in [1.29, 1.82) is 0 Å². The molecular weight excluding hydrogens is 313 g/mol. The highest BCUT2D eigenvalue weighted by atomic mass is 19.1. The Morgan fingerprint density at radius 3 is 2.92 bits per heavy atom. The maximum absolute atomic E-state index is 13.2. The van der Waals surface area contributed by atoms with E-state index in [9.17, 15) is 9.18 Å². The number of benzene rings is 1. The zero-order valence-electron chi connectivity index (χ0n) is 13.0. The molecule has 0 aliphatic carbocycles. The van der Waals surface area contributed by atoms with E-state index in [1.54, 1.807) is 12.1 Å². The van der Waals surface area contributed by atoms with Gasteiger partial charge in [0.05, 0.1) is 19.6 Å². The van der Waals surface area contributed by atoms with Crippen LogP contribution in [0.2, 0.25) is 0 Å². The quantitative estimate of drug-likeness (QED) is 0.862. The molecule has 2 aliphatic rings. The number of hydrogen-bond acceptors (Lipinski definition) is 6. The number of nitrogens with zero attached hydrogens (tertiary/aromatic N) is 3. The van der Waals surface area contributed by atoms with E-state index in [2.05, 4.69) is 9.98 Å². The SMILES string of the molecule is O=C1C=C(N2CCOCC2)N=C(Cc2nc3cc(F)ccc3o2)C1. The fourth-order valence-electron chi connectivity index (χ4n) is 2.88. The molecule has 1 fully saturated rings. The first-order valence-electron chi connectivity index (χ1n) is 7.86. The van der Waals surface area contributed by atoms with E-state index >= 15 is 0 Å². The number of fused-ring (bicyclic) bond motifs is 1. The van der Waals surface area contributed by atoms with Crippen molar-refractivity contribution < 1.29 is 18.3 Å². The minimum Gasteiger partial charge on any atom is -0.440 e. The number of carbonyl (C=O) groups is 1. The van der Waals surface area contributed by atoms with Gasteiger partial charge in [-0.05, 0) is 12.1 Å². The number of aliphatic imine (C=N–C) groups is 1. The summed E-state index contributed by atoms with van der Waals surface area (Å²) in [5.74, 6) is 0.769. The summed E-state index contributed by atoms with van der Waals surface area (Å²) in [6.07, 6.45) is 2.17. The van der Waals surface area contributed by atoms with Gasteiger partial charge in [-0.15, -0.1) is 0 Å². The molecule has 4 rings (SSSR count). The Bertz CT molecular complexity index is 850. The zero-order chi connectivity index (χ0) is 16.5. The van der Waals surface area contributed by atoms with Crippen LogP contribution in [0.25, 0.3) is 11.1 Å². The molecule has 0 bridgehead atoms. The number of morpholine rings is 1. The number of hydrogen-bond donors (Lipinski definition) is 0. The van der Waals surface area contributed by atoms with Gasteiger partial charge in [-0.3, -0.25) is 4.79 Å². The van der Waals surface area contributed by atoms with Gasteiger partial charge >= 0.3 is 0 Å². The lowest BCUT2D eigenvalue weighted by molar-refractivity contribution is -0.113. The predicted octanol–water partition coefficient (Wildman–Crippen LogP) is 2.10. The second-order valence-corrected chi connectivity index (χ2v) is 5.82. The summed E-state index contributed by atoms with van der Waals surface area (Å²) in [5.41, 5.74) is 1.70. The minimum atomic E-state index is -0.356. The summed E-state index contributed by atoms with van der Waals surface area (Å²) < 4.78 is 24.2. The zero-order valence-corrected chi connectivity index (χ0v) is 13.0. The molecule has 6 nitrogen and oxygen atoms in total. The number of rotatable bonds is 3. The smallest absolute Gasteiger partial charge is 0.201 e. The molecule has 1 aromatic heterocycles. The molecule has 0 unspecified atom stereocenters. The second kappa shape index (κ2) is 6.16. The molecular formula is C17H16FN3O3. The Morgan fingerprint density at radius 1 is 1.25 bits per heavy atom. The van der Waals surface area contributed by atoms with Crippen LogP contribution in [0, 0.1) is 5.82 Å². The first-order chi connectivity index (χ1) is 11.7. The number of carbonyl (C=O) groups excluding carboxylic acids is 1. The molecule has 2 aromatic rings. The Balaban J connectivity index is 1.56. The molecule has 1 aromatic carbocycles. The second-order valence-electron chi connectivity index (χ2n) is 5.82. The van der Waals surface area contributed by atoms with Gasteiger partial charge in [0.25, 0.3) is 0 Å². The molecule has 124 valence electrons. The van der Waals surface area contributed by atoms with Crippen LogP contribution in [0.4, 0.5) is 4.39 Å². The van der Waals surface area contributed by atoms with E-state index in [-0.39, 0.29) is 18.0 Å². The molecule has 3 heterocycles. The van der Waals surface area contributed by atoms with Gasteiger partial charge in [0.15, 0.2) is 11.4 Å². The van der Waals surface area contributed by atoms with Crippen LogP contribution in [0.1, 0.15) is 12.3 Å². The standard InChI is InChI=1S/C17H16FN3O3/c18-11-1-2-15-14(7-11)20-17(24-15)9-12-8-13(22)10-16(19-12)21-3-5-23-6-4-21/h1-2,7,10H,3-6,8-9H2. The Kier molecular flexibility index (Phi) is 3.86. The molecule has 0 N–H and O–H groups in total. The molecule has 0 amide bonds. The Hall–Kier alpha value is -2.54. The fourth-order valence-corrected chi connectivity index (χ4v) is 2.88. The van der Waals surface area contributed by atoms with E-state index in [0.717, 1.165) is 13.1 Å². The molecule has 1 saturated heterocycles. The average molecular weight is 329 g/mol. The lowest BCUT2D eigenvalue weighted by Gasteiger charge is -2.30. The van der Waals surface area contributed by atoms with Gasteiger partial charge in [-0.1, -0.05) is 0 Å². The number of ether oxygens (including phenoxy) is 1. The van der Waals surface area contributed by atoms with Crippen LogP contribution in [0.5, 0.6) is 0 Å². The van der Waals surface area contributed by atoms with Crippen LogP contribution in [0.3, 0.4) is 0 Å². The molecule has 2 aliphatic heterocycles. The van der Waals surface area contributed by atoms with Crippen molar-refractivity contribution in [3.63, 3.8) is 0 Å². The van der Waals surface area contributed by atoms with Gasteiger partial charge in [0.1, 0.15) is 17.2 Å². The van der Waals surface area contributed by atoms with Gasteiger partial charge in [0.2, 0.25) is 5.89 Å². The topological polar surface area (TPSA) is 67.9 Å². The van der Waals surface area contributed by atoms with E-state index in [4.69, 9.17) is 9.15 Å². The molecule has 0 spiro atoms. The monoisotopic (exact) mass is 329 g/mol. The van der Waals surface area contributed by atoms with E-state index in [1.165, 1.54) is 12.1 Å². The Morgan fingerprint density at radius 2 is 2.08 bits per heavy atom. The Labute approximate surface area is 137 Å². The summed E-state index contributed by atoms with van der Waals surface area (Å²) in [7, 11) is 0. The highest BCUT2D eigenvalue weighted by Gasteiger charge is 2.21. The first kappa shape index (κ1) is 15.0. The van der Waals surface area contributed by atoms with Crippen LogP contribution >= 0.6 is 0 Å². The fraction of sp³-hybridized carbons (Fsp3) is 0.353. The molecule has 0 saturated carbocycles. The van der Waals surface area contributed by atoms with Crippen molar-refractivity contribution in [3.8, 4) is 0 Å². The number of aromatic nitrogens is 1. The van der Waals surface area contributed by atoms with Gasteiger partial charge < -0.3 is 14.1 Å². The van der Waals surface area contributed by atoms with Gasteiger partial charge in [-0.25, -0.2) is 14.4 Å². The third kappa shape index (κ3) is 3.07. The summed E-state index contributed by atoms with van der Waals surface area (Å²) >= 11 is 0. The highest BCUT2D eigenvalue weighted by Crippen LogP contribution is 2.20. The van der Waals surface area contributed by atoms with E-state index in [0.29, 0.717) is 48.2 Å². The predicted molar refractivity (Wildman–Crippen MR) is 85.2 cm³/mol. The normalized spacial score (nSPS) is 18.7. The number of oxazole rings is 1. The van der Waals surface area contributed by atoms with Crippen LogP contribution in [-0.4, -0.2) is 47.7 Å². The largest absolute Gasteiger partial charge is 0.440 e. The van der Waals surface area contributed by atoms with Crippen LogP contribution in [-0.2, 0) is 16.0 Å². The van der Waals surface area contributed by atoms with Crippen molar-refractivity contribution in [2.24, 2.45) is 4.99 Å². The molecule has 0 atom stereocenters. The van der Waals surface area contributed by atoms with Crippen LogP contribution < -0.4 is 0 Å². The summed E-state index contributed by atoms with van der Waals surface area (Å²) in [4.78, 5) is 22.9. The summed E-state index contributed by atoms with van der Waals surface area (Å²) in [6.45, 7) is 2.70. The van der Waals surface area contributed by atoms with Crippen molar-refractivity contribution in [3.05, 3.63) is 41.8 Å². The van der Waals surface area contributed by atoms with Crippen LogP contribution in [0.15, 0.2) is 39.5 Å². The summed E-state index contributed by atoms with van der Waals surface area (Å²) in [6, 6.07) is 4.21. The van der Waals surface area contributed by atoms with Gasteiger partial charge in [-0.2, -0.15) is 0 Å². The van der Waals surface area contributed by atoms with E-state index < -0.39 is 0 Å². The molecule has 0 radical (unpaired) electrons. The van der Waals surface area contributed by atoms with Crippen molar-refractivity contribution in [2.75, 3.05) is 26.3 Å². The first-order valence-corrected chi connectivity index (χ1v) is 7.86. The third-order valence-corrected chi connectivity index (χ3v) is 4.03. The molecule has 24 heavy (non-hydrogen) atoms. The minimum absolute atomic E-state index is 0.0173. The summed E-state index contributed by atoms with van der Waals surface area (Å²) in [5, 5.41) is 0. The maximum atomic E-state index is 13.2. The van der Waals surface area contributed by atoms with E-state index in [1.807, 2.05) is 4.90 Å². The third-order valence-electron chi connectivity index (χ3n) is 4.03. The highest BCUT2D eigenvalue weighted by molar-refractivity contribution is 6.09. The van der Waals surface area contributed by atoms with Gasteiger partial charge in [0, 0.05) is 37.4 Å². The number of ketones is 1. The van der Waals surface area contributed by atoms with Crippen molar-refractivity contribution in [1.82, 2.24) is 9.88 Å². The lowest BCUT2D eigenvalue weighted by Crippen LogP contribution is -2.36. The maximum Gasteiger partial charge on any atom is 0.201 e. The van der Waals surface area contributed by atoms with Crippen molar-refractivity contribution in [2.45, 2.75) is 12.8 Å². The number of allylic oxidation sites excluding steroid dienone is 1. The van der Waals surface area contributed by atoms with Crippen molar-refractivity contribution >= 4 is 22.6 Å².